The lowest BCUT2D eigenvalue weighted by Gasteiger charge is -2.13. The second-order valence-corrected chi connectivity index (χ2v) is 6.99. The summed E-state index contributed by atoms with van der Waals surface area (Å²) in [7, 11) is -3.96. The lowest BCUT2D eigenvalue weighted by molar-refractivity contribution is -0.255. The van der Waals surface area contributed by atoms with Crippen molar-refractivity contribution in [2.45, 2.75) is 16.7 Å². The zero-order valence-electron chi connectivity index (χ0n) is 11.9. The number of benzene rings is 2. The number of carbonyl (C=O) groups excluding carboxylic acids is 2. The predicted octanol–water partition coefficient (Wildman–Crippen LogP) is 1.49. The molecule has 120 valence electrons. The van der Waals surface area contributed by atoms with Gasteiger partial charge in [0.05, 0.1) is 21.4 Å². The molecule has 2 aromatic rings. The Morgan fingerprint density at radius 2 is 1.70 bits per heavy atom. The minimum absolute atomic E-state index is 0.0327. The molecule has 0 saturated carbocycles. The van der Waals surface area contributed by atoms with Gasteiger partial charge in [0.1, 0.15) is 0 Å². The number of anilines is 1. The van der Waals surface area contributed by atoms with Crippen LogP contribution in [0.1, 0.15) is 17.3 Å². The monoisotopic (exact) mass is 352 g/mol. The number of sulfone groups is 1. The summed E-state index contributed by atoms with van der Waals surface area (Å²) >= 11 is 5.74. The van der Waals surface area contributed by atoms with Crippen LogP contribution in [-0.4, -0.2) is 20.3 Å². The summed E-state index contributed by atoms with van der Waals surface area (Å²) in [6, 6.07) is 8.73. The predicted molar refractivity (Wildman–Crippen MR) is 82.0 cm³/mol. The van der Waals surface area contributed by atoms with E-state index in [9.17, 15) is 23.1 Å². The van der Waals surface area contributed by atoms with Crippen LogP contribution in [0.2, 0.25) is 5.02 Å². The molecule has 0 radical (unpaired) electrons. The quantitative estimate of drug-likeness (QED) is 0.897. The fraction of sp³-hybridized carbons (Fsp3) is 0.0667. The first kappa shape index (κ1) is 17.0. The van der Waals surface area contributed by atoms with Crippen molar-refractivity contribution >= 4 is 39.0 Å². The van der Waals surface area contributed by atoms with Gasteiger partial charge in [-0.05, 0) is 42.0 Å². The van der Waals surface area contributed by atoms with Gasteiger partial charge in [-0.15, -0.1) is 0 Å². The lowest BCUT2D eigenvalue weighted by Crippen LogP contribution is -2.23. The summed E-state index contributed by atoms with van der Waals surface area (Å²) in [6.07, 6.45) is 0. The third-order valence-corrected chi connectivity index (χ3v) is 5.02. The molecule has 1 N–H and O–H groups in total. The van der Waals surface area contributed by atoms with Crippen LogP contribution in [0, 0.1) is 0 Å². The number of carboxylic acid groups (broad SMARTS) is 1. The Balaban J connectivity index is 2.62. The molecule has 2 aromatic carbocycles. The smallest absolute Gasteiger partial charge is 0.221 e. The minimum atomic E-state index is -3.96. The molecule has 0 aromatic heterocycles. The molecule has 0 aliphatic carbocycles. The number of carbonyl (C=O) groups is 2. The molecule has 0 atom stereocenters. The van der Waals surface area contributed by atoms with Crippen LogP contribution >= 0.6 is 11.6 Å². The van der Waals surface area contributed by atoms with Gasteiger partial charge in [-0.2, -0.15) is 0 Å². The summed E-state index contributed by atoms with van der Waals surface area (Å²) < 4.78 is 25.3. The zero-order chi connectivity index (χ0) is 17.2. The van der Waals surface area contributed by atoms with Crippen LogP contribution in [0.25, 0.3) is 0 Å². The van der Waals surface area contributed by atoms with Gasteiger partial charge >= 0.3 is 0 Å². The summed E-state index contributed by atoms with van der Waals surface area (Å²) in [5.41, 5.74) is -0.377. The van der Waals surface area contributed by atoms with Gasteiger partial charge in [0, 0.05) is 11.9 Å². The van der Waals surface area contributed by atoms with Crippen molar-refractivity contribution in [1.29, 1.82) is 0 Å². The SMILES string of the molecule is CC(=O)Nc1cc(C(=O)[O-])ccc1S(=O)(=O)c1ccc(Cl)cc1. The van der Waals surface area contributed by atoms with Crippen molar-refractivity contribution in [3.8, 4) is 0 Å². The van der Waals surface area contributed by atoms with E-state index in [-0.39, 0.29) is 21.0 Å². The number of hydrogen-bond acceptors (Lipinski definition) is 5. The fourth-order valence-corrected chi connectivity index (χ4v) is 3.44. The van der Waals surface area contributed by atoms with Crippen molar-refractivity contribution in [3.63, 3.8) is 0 Å². The molecule has 0 aliphatic rings. The van der Waals surface area contributed by atoms with Gasteiger partial charge in [-0.25, -0.2) is 8.42 Å². The molecule has 0 heterocycles. The second-order valence-electron chi connectivity index (χ2n) is 4.64. The van der Waals surface area contributed by atoms with E-state index in [1.54, 1.807) is 0 Å². The zero-order valence-corrected chi connectivity index (χ0v) is 13.4. The van der Waals surface area contributed by atoms with Crippen molar-refractivity contribution in [1.82, 2.24) is 0 Å². The molecule has 0 fully saturated rings. The molecule has 0 aliphatic heterocycles. The largest absolute Gasteiger partial charge is 0.545 e. The summed E-state index contributed by atoms with van der Waals surface area (Å²) in [5, 5.41) is 13.6. The third-order valence-electron chi connectivity index (χ3n) is 2.94. The topological polar surface area (TPSA) is 103 Å². The van der Waals surface area contributed by atoms with Crippen molar-refractivity contribution < 1.29 is 23.1 Å². The van der Waals surface area contributed by atoms with E-state index in [2.05, 4.69) is 5.32 Å². The normalized spacial score (nSPS) is 11.0. The molecule has 23 heavy (non-hydrogen) atoms. The third kappa shape index (κ3) is 3.69. The maximum Gasteiger partial charge on any atom is 0.221 e. The van der Waals surface area contributed by atoms with E-state index in [4.69, 9.17) is 11.6 Å². The average Bonchev–Trinajstić information content (AvgIpc) is 2.46. The number of aromatic carboxylic acids is 1. The van der Waals surface area contributed by atoms with Crippen LogP contribution in [0.3, 0.4) is 0 Å². The lowest BCUT2D eigenvalue weighted by atomic mass is 10.2. The van der Waals surface area contributed by atoms with Crippen LogP contribution in [0.15, 0.2) is 52.3 Å². The van der Waals surface area contributed by atoms with E-state index < -0.39 is 21.7 Å². The van der Waals surface area contributed by atoms with Crippen LogP contribution in [0.5, 0.6) is 0 Å². The van der Waals surface area contributed by atoms with Crippen LogP contribution < -0.4 is 10.4 Å². The molecule has 0 unspecified atom stereocenters. The Kier molecular flexibility index (Phi) is 4.72. The molecule has 0 spiro atoms. The van der Waals surface area contributed by atoms with Gasteiger partial charge in [-0.1, -0.05) is 17.7 Å². The Hall–Kier alpha value is -2.38. The van der Waals surface area contributed by atoms with E-state index in [0.717, 1.165) is 18.2 Å². The minimum Gasteiger partial charge on any atom is -0.545 e. The summed E-state index contributed by atoms with van der Waals surface area (Å²) in [4.78, 5) is 21.9. The number of halogens is 1. The maximum absolute atomic E-state index is 12.7. The highest BCUT2D eigenvalue weighted by atomic mass is 35.5. The molecule has 6 nitrogen and oxygen atoms in total. The maximum atomic E-state index is 12.7. The standard InChI is InChI=1S/C15H12ClNO5S/c1-9(18)17-13-8-10(15(19)20)2-7-14(13)23(21,22)12-5-3-11(16)4-6-12/h2-8H,1H3,(H,17,18)(H,19,20)/p-1. The van der Waals surface area contributed by atoms with Crippen molar-refractivity contribution in [2.75, 3.05) is 5.32 Å². The molecular formula is C15H11ClNO5S-. The Morgan fingerprint density at radius 1 is 1.09 bits per heavy atom. The van der Waals surface area contributed by atoms with Gasteiger partial charge < -0.3 is 15.2 Å². The van der Waals surface area contributed by atoms with E-state index in [1.165, 1.54) is 31.2 Å². The Bertz CT molecular complexity index is 875. The van der Waals surface area contributed by atoms with Gasteiger partial charge in [0.2, 0.25) is 15.7 Å². The number of nitrogens with one attached hydrogen (secondary N) is 1. The van der Waals surface area contributed by atoms with Gasteiger partial charge in [-0.3, -0.25) is 4.79 Å². The molecule has 1 amide bonds. The Morgan fingerprint density at radius 3 is 2.22 bits per heavy atom. The number of carboxylic acids is 1. The summed E-state index contributed by atoms with van der Waals surface area (Å²) in [6.45, 7) is 1.18. The number of amides is 1. The summed E-state index contributed by atoms with van der Waals surface area (Å²) in [5.74, 6) is -2.01. The highest BCUT2D eigenvalue weighted by molar-refractivity contribution is 7.91. The molecule has 8 heteroatoms. The first-order valence-electron chi connectivity index (χ1n) is 6.35. The van der Waals surface area contributed by atoms with E-state index >= 15 is 0 Å². The van der Waals surface area contributed by atoms with Crippen LogP contribution in [0.4, 0.5) is 5.69 Å². The number of hydrogen-bond donors (Lipinski definition) is 1. The average molecular weight is 353 g/mol. The van der Waals surface area contributed by atoms with Crippen molar-refractivity contribution in [3.05, 3.63) is 53.1 Å². The van der Waals surface area contributed by atoms with Gasteiger partial charge in [0.25, 0.3) is 0 Å². The van der Waals surface area contributed by atoms with Crippen LogP contribution in [-0.2, 0) is 14.6 Å². The molecule has 2 rings (SSSR count). The molecule has 0 saturated heterocycles. The molecule has 0 bridgehead atoms. The van der Waals surface area contributed by atoms with Gasteiger partial charge in [0.15, 0.2) is 0 Å². The highest BCUT2D eigenvalue weighted by Crippen LogP contribution is 2.29. The van der Waals surface area contributed by atoms with E-state index in [0.29, 0.717) is 5.02 Å². The first-order valence-corrected chi connectivity index (χ1v) is 8.21. The molecular weight excluding hydrogens is 342 g/mol. The highest BCUT2D eigenvalue weighted by Gasteiger charge is 2.22. The second kappa shape index (κ2) is 6.39. The fourth-order valence-electron chi connectivity index (χ4n) is 1.92. The first-order chi connectivity index (χ1) is 10.7. The number of rotatable bonds is 4. The van der Waals surface area contributed by atoms with E-state index in [1.807, 2.05) is 0 Å². The Labute approximate surface area is 137 Å². The van der Waals surface area contributed by atoms with Crippen molar-refractivity contribution in [2.24, 2.45) is 0 Å².